The van der Waals surface area contributed by atoms with Crippen molar-refractivity contribution in [2.75, 3.05) is 19.6 Å². The second kappa shape index (κ2) is 5.61. The predicted octanol–water partition coefficient (Wildman–Crippen LogP) is 2.57. The molecular formula is C14H21FN2. The van der Waals surface area contributed by atoms with E-state index < -0.39 is 0 Å². The Hall–Kier alpha value is -0.930. The first kappa shape index (κ1) is 12.5. The van der Waals surface area contributed by atoms with Crippen LogP contribution in [0.5, 0.6) is 0 Å². The summed E-state index contributed by atoms with van der Waals surface area (Å²) in [6.45, 7) is 7.29. The van der Waals surface area contributed by atoms with Crippen LogP contribution in [0.1, 0.15) is 31.9 Å². The van der Waals surface area contributed by atoms with Gasteiger partial charge in [0.2, 0.25) is 0 Å². The summed E-state index contributed by atoms with van der Waals surface area (Å²) in [5.74, 6) is -0.0908. The molecule has 94 valence electrons. The van der Waals surface area contributed by atoms with Crippen molar-refractivity contribution in [1.29, 1.82) is 0 Å². The van der Waals surface area contributed by atoms with Gasteiger partial charge in [0, 0.05) is 30.7 Å². The van der Waals surface area contributed by atoms with Crippen LogP contribution < -0.4 is 5.32 Å². The lowest BCUT2D eigenvalue weighted by molar-refractivity contribution is 0.251. The molecule has 0 aliphatic carbocycles. The smallest absolute Gasteiger partial charge is 0.127 e. The fourth-order valence-electron chi connectivity index (χ4n) is 2.60. The minimum Gasteiger partial charge on any atom is -0.313 e. The molecular weight excluding hydrogens is 215 g/mol. The number of halogens is 1. The van der Waals surface area contributed by atoms with Crippen molar-refractivity contribution in [2.45, 2.75) is 32.4 Å². The highest BCUT2D eigenvalue weighted by atomic mass is 19.1. The van der Waals surface area contributed by atoms with Crippen molar-refractivity contribution < 1.29 is 4.39 Å². The maximum absolute atomic E-state index is 13.7. The number of benzene rings is 1. The van der Waals surface area contributed by atoms with E-state index in [1.54, 1.807) is 12.1 Å². The third-order valence-corrected chi connectivity index (χ3v) is 3.62. The van der Waals surface area contributed by atoms with Gasteiger partial charge < -0.3 is 5.32 Å². The SMILES string of the molecule is CCNC1CCN(C(C)c2ccccc2F)C1. The van der Waals surface area contributed by atoms with Crippen LogP contribution >= 0.6 is 0 Å². The van der Waals surface area contributed by atoms with Crippen LogP contribution in [0.15, 0.2) is 24.3 Å². The predicted molar refractivity (Wildman–Crippen MR) is 68.5 cm³/mol. The lowest BCUT2D eigenvalue weighted by Crippen LogP contribution is -2.33. The summed E-state index contributed by atoms with van der Waals surface area (Å²) in [6.07, 6.45) is 1.16. The molecule has 0 spiro atoms. The highest BCUT2D eigenvalue weighted by Gasteiger charge is 2.27. The molecule has 0 aromatic heterocycles. The zero-order chi connectivity index (χ0) is 12.3. The Kier molecular flexibility index (Phi) is 4.13. The van der Waals surface area contributed by atoms with E-state index in [1.807, 2.05) is 12.1 Å². The number of likely N-dealkylation sites (tertiary alicyclic amines) is 1. The van der Waals surface area contributed by atoms with Crippen LogP contribution in [0, 0.1) is 5.82 Å². The lowest BCUT2D eigenvalue weighted by Gasteiger charge is -2.25. The first-order valence-electron chi connectivity index (χ1n) is 6.44. The van der Waals surface area contributed by atoms with Crippen LogP contribution in [-0.2, 0) is 0 Å². The van der Waals surface area contributed by atoms with Crippen molar-refractivity contribution in [1.82, 2.24) is 10.2 Å². The van der Waals surface area contributed by atoms with Crippen LogP contribution in [0.2, 0.25) is 0 Å². The molecule has 0 amide bonds. The molecule has 1 saturated heterocycles. The van der Waals surface area contributed by atoms with Gasteiger partial charge in [-0.05, 0) is 26.0 Å². The Balaban J connectivity index is 2.02. The van der Waals surface area contributed by atoms with Crippen LogP contribution in [-0.4, -0.2) is 30.6 Å². The molecule has 0 bridgehead atoms. The fourth-order valence-corrected chi connectivity index (χ4v) is 2.60. The zero-order valence-corrected chi connectivity index (χ0v) is 10.6. The molecule has 0 radical (unpaired) electrons. The van der Waals surface area contributed by atoms with Crippen LogP contribution in [0.4, 0.5) is 4.39 Å². The van der Waals surface area contributed by atoms with Gasteiger partial charge in [-0.1, -0.05) is 25.1 Å². The minimum atomic E-state index is -0.0908. The van der Waals surface area contributed by atoms with E-state index in [-0.39, 0.29) is 11.9 Å². The molecule has 2 unspecified atom stereocenters. The number of likely N-dealkylation sites (N-methyl/N-ethyl adjacent to an activating group) is 1. The van der Waals surface area contributed by atoms with E-state index in [2.05, 4.69) is 24.1 Å². The second-order valence-corrected chi connectivity index (χ2v) is 4.74. The Morgan fingerprint density at radius 2 is 2.24 bits per heavy atom. The molecule has 1 aromatic rings. The molecule has 1 N–H and O–H groups in total. The summed E-state index contributed by atoms with van der Waals surface area (Å²) in [4.78, 5) is 2.35. The molecule has 2 atom stereocenters. The van der Waals surface area contributed by atoms with Crippen molar-refractivity contribution in [3.8, 4) is 0 Å². The highest BCUT2D eigenvalue weighted by molar-refractivity contribution is 5.21. The summed E-state index contributed by atoms with van der Waals surface area (Å²) < 4.78 is 13.7. The fraction of sp³-hybridized carbons (Fsp3) is 0.571. The van der Waals surface area contributed by atoms with Crippen molar-refractivity contribution >= 4 is 0 Å². The maximum Gasteiger partial charge on any atom is 0.127 e. The van der Waals surface area contributed by atoms with Gasteiger partial charge >= 0.3 is 0 Å². The monoisotopic (exact) mass is 236 g/mol. The number of rotatable bonds is 4. The Bertz CT molecular complexity index is 367. The van der Waals surface area contributed by atoms with E-state index in [0.29, 0.717) is 6.04 Å². The molecule has 3 heteroatoms. The summed E-state index contributed by atoms with van der Waals surface area (Å²) in [7, 11) is 0. The van der Waals surface area contributed by atoms with Gasteiger partial charge in [0.1, 0.15) is 5.82 Å². The molecule has 1 fully saturated rings. The Labute approximate surface area is 103 Å². The summed E-state index contributed by atoms with van der Waals surface area (Å²) >= 11 is 0. The maximum atomic E-state index is 13.7. The van der Waals surface area contributed by atoms with Gasteiger partial charge in [0.25, 0.3) is 0 Å². The minimum absolute atomic E-state index is 0.0908. The first-order chi connectivity index (χ1) is 8.22. The third-order valence-electron chi connectivity index (χ3n) is 3.62. The Morgan fingerprint density at radius 1 is 1.47 bits per heavy atom. The van der Waals surface area contributed by atoms with E-state index in [0.717, 1.165) is 31.6 Å². The highest BCUT2D eigenvalue weighted by Crippen LogP contribution is 2.26. The van der Waals surface area contributed by atoms with Crippen LogP contribution in [0.3, 0.4) is 0 Å². The van der Waals surface area contributed by atoms with Gasteiger partial charge in [0.05, 0.1) is 0 Å². The van der Waals surface area contributed by atoms with Gasteiger partial charge in [-0.15, -0.1) is 0 Å². The molecule has 17 heavy (non-hydrogen) atoms. The summed E-state index contributed by atoms with van der Waals surface area (Å²) in [5.41, 5.74) is 0.810. The Morgan fingerprint density at radius 3 is 2.94 bits per heavy atom. The molecule has 1 aromatic carbocycles. The second-order valence-electron chi connectivity index (χ2n) is 4.74. The molecule has 2 rings (SSSR count). The lowest BCUT2D eigenvalue weighted by atomic mass is 10.1. The third kappa shape index (κ3) is 2.85. The summed E-state index contributed by atoms with van der Waals surface area (Å²) in [5, 5.41) is 3.46. The van der Waals surface area contributed by atoms with Gasteiger partial charge in [-0.3, -0.25) is 4.90 Å². The quantitative estimate of drug-likeness (QED) is 0.864. The molecule has 1 aliphatic rings. The zero-order valence-electron chi connectivity index (χ0n) is 10.6. The number of nitrogens with zero attached hydrogens (tertiary/aromatic N) is 1. The molecule has 1 aliphatic heterocycles. The summed E-state index contributed by atoms with van der Waals surface area (Å²) in [6, 6.07) is 7.82. The van der Waals surface area contributed by atoms with Gasteiger partial charge in [-0.25, -0.2) is 4.39 Å². The molecule has 2 nitrogen and oxygen atoms in total. The average molecular weight is 236 g/mol. The number of hydrogen-bond donors (Lipinski definition) is 1. The van der Waals surface area contributed by atoms with E-state index >= 15 is 0 Å². The molecule has 1 heterocycles. The van der Waals surface area contributed by atoms with Crippen molar-refractivity contribution in [2.24, 2.45) is 0 Å². The van der Waals surface area contributed by atoms with Gasteiger partial charge in [0.15, 0.2) is 0 Å². The van der Waals surface area contributed by atoms with Crippen molar-refractivity contribution in [3.05, 3.63) is 35.6 Å². The standard InChI is InChI=1S/C14H21FN2/c1-3-16-12-8-9-17(10-12)11(2)13-6-4-5-7-14(13)15/h4-7,11-12,16H,3,8-10H2,1-2H3. The number of nitrogens with one attached hydrogen (secondary N) is 1. The largest absolute Gasteiger partial charge is 0.313 e. The molecule has 0 saturated carbocycles. The van der Waals surface area contributed by atoms with E-state index in [9.17, 15) is 4.39 Å². The van der Waals surface area contributed by atoms with Crippen molar-refractivity contribution in [3.63, 3.8) is 0 Å². The van der Waals surface area contributed by atoms with E-state index in [4.69, 9.17) is 0 Å². The van der Waals surface area contributed by atoms with Crippen LogP contribution in [0.25, 0.3) is 0 Å². The first-order valence-corrected chi connectivity index (χ1v) is 6.44. The normalized spacial score (nSPS) is 22.9. The number of hydrogen-bond acceptors (Lipinski definition) is 2. The van der Waals surface area contributed by atoms with Gasteiger partial charge in [-0.2, -0.15) is 0 Å². The average Bonchev–Trinajstić information content (AvgIpc) is 2.78. The topological polar surface area (TPSA) is 15.3 Å². The van der Waals surface area contributed by atoms with E-state index in [1.165, 1.54) is 0 Å².